The summed E-state index contributed by atoms with van der Waals surface area (Å²) in [4.78, 5) is 12.6. The summed E-state index contributed by atoms with van der Waals surface area (Å²) < 4.78 is 0.804. The molecule has 1 heterocycles. The van der Waals surface area contributed by atoms with E-state index in [1.54, 1.807) is 0 Å². The zero-order valence-electron chi connectivity index (χ0n) is 16.4. The molecule has 2 aromatic rings. The van der Waals surface area contributed by atoms with Gasteiger partial charge in [0.1, 0.15) is 0 Å². The zero-order valence-corrected chi connectivity index (χ0v) is 18.0. The maximum absolute atomic E-state index is 12.6. The third-order valence-electron chi connectivity index (χ3n) is 5.47. The molecule has 0 aliphatic heterocycles. The fourth-order valence-electron chi connectivity index (χ4n) is 3.43. The Morgan fingerprint density at radius 1 is 1.26 bits per heavy atom. The van der Waals surface area contributed by atoms with E-state index in [0.717, 1.165) is 27.1 Å². The normalized spacial score (nSPS) is 23.6. The van der Waals surface area contributed by atoms with Crippen molar-refractivity contribution in [3.63, 3.8) is 0 Å². The van der Waals surface area contributed by atoms with E-state index >= 15 is 0 Å². The average Bonchev–Trinajstić information content (AvgIpc) is 3.08. The van der Waals surface area contributed by atoms with Crippen molar-refractivity contribution in [2.75, 3.05) is 5.32 Å². The first kappa shape index (κ1) is 20.1. The van der Waals surface area contributed by atoms with Crippen molar-refractivity contribution in [1.82, 2.24) is 15.5 Å². The van der Waals surface area contributed by atoms with Crippen LogP contribution in [0.4, 0.5) is 10.8 Å². The van der Waals surface area contributed by atoms with Gasteiger partial charge in [-0.15, -0.1) is 10.2 Å². The molecule has 1 saturated carbocycles. The molecule has 1 aliphatic carbocycles. The Morgan fingerprint density at radius 3 is 2.81 bits per heavy atom. The molecule has 1 aliphatic rings. The van der Waals surface area contributed by atoms with Gasteiger partial charge in [-0.1, -0.05) is 68.0 Å². The van der Waals surface area contributed by atoms with Gasteiger partial charge >= 0.3 is 0 Å². The number of carbonyl (C=O) groups is 1. The van der Waals surface area contributed by atoms with Crippen LogP contribution in [0.15, 0.2) is 28.6 Å². The van der Waals surface area contributed by atoms with Crippen LogP contribution in [0.3, 0.4) is 0 Å². The average molecular weight is 405 g/mol. The van der Waals surface area contributed by atoms with Crippen molar-refractivity contribution in [3.8, 4) is 0 Å². The van der Waals surface area contributed by atoms with E-state index in [-0.39, 0.29) is 17.2 Å². The van der Waals surface area contributed by atoms with E-state index in [0.29, 0.717) is 11.8 Å². The number of aromatic nitrogens is 2. The van der Waals surface area contributed by atoms with Gasteiger partial charge in [0.2, 0.25) is 11.0 Å². The lowest BCUT2D eigenvalue weighted by atomic mass is 9.78. The summed E-state index contributed by atoms with van der Waals surface area (Å²) in [5.41, 5.74) is 2.18. The fraction of sp³-hybridized carbons (Fsp3) is 0.550. The predicted octanol–water partition coefficient (Wildman–Crippen LogP) is 5.01. The van der Waals surface area contributed by atoms with Crippen molar-refractivity contribution in [1.29, 1.82) is 0 Å². The Bertz CT molecular complexity index is 779. The fourth-order valence-corrected chi connectivity index (χ4v) is 5.34. The van der Waals surface area contributed by atoms with Gasteiger partial charge in [0, 0.05) is 11.7 Å². The maximum Gasteiger partial charge on any atom is 0.233 e. The Balaban J connectivity index is 1.55. The Labute approximate surface area is 169 Å². The van der Waals surface area contributed by atoms with Crippen LogP contribution in [0, 0.1) is 18.8 Å². The second-order valence-corrected chi connectivity index (χ2v) is 10.0. The summed E-state index contributed by atoms with van der Waals surface area (Å²) in [6, 6.07) is 8.36. The highest BCUT2D eigenvalue weighted by molar-refractivity contribution is 8.02. The number of anilines is 2. The van der Waals surface area contributed by atoms with Crippen LogP contribution in [0.2, 0.25) is 0 Å². The van der Waals surface area contributed by atoms with Gasteiger partial charge in [-0.05, 0) is 43.7 Å². The second kappa shape index (κ2) is 9.06. The largest absolute Gasteiger partial charge is 0.352 e. The molecule has 0 bridgehead atoms. The molecule has 7 heteroatoms. The van der Waals surface area contributed by atoms with E-state index in [2.05, 4.69) is 47.7 Å². The summed E-state index contributed by atoms with van der Waals surface area (Å²) in [6.07, 6.45) is 3.54. The van der Waals surface area contributed by atoms with Crippen molar-refractivity contribution in [2.24, 2.45) is 11.8 Å². The van der Waals surface area contributed by atoms with Crippen LogP contribution < -0.4 is 10.6 Å². The number of carbonyl (C=O) groups excluding carboxylic acids is 1. The minimum Gasteiger partial charge on any atom is -0.352 e. The molecule has 0 unspecified atom stereocenters. The molecular weight excluding hydrogens is 376 g/mol. The van der Waals surface area contributed by atoms with Gasteiger partial charge in [0.25, 0.3) is 0 Å². The summed E-state index contributed by atoms with van der Waals surface area (Å²) in [5, 5.41) is 15.5. The van der Waals surface area contributed by atoms with Crippen LogP contribution in [0.25, 0.3) is 0 Å². The highest BCUT2D eigenvalue weighted by atomic mass is 32.2. The van der Waals surface area contributed by atoms with Crippen LogP contribution in [0.5, 0.6) is 0 Å². The number of thioether (sulfide) groups is 1. The molecule has 2 N–H and O–H groups in total. The molecule has 1 fully saturated rings. The summed E-state index contributed by atoms with van der Waals surface area (Å²) in [5.74, 6) is 1.30. The molecule has 0 spiro atoms. The minimum absolute atomic E-state index is 0.0922. The lowest BCUT2D eigenvalue weighted by molar-refractivity contribution is -0.121. The first-order valence-corrected chi connectivity index (χ1v) is 11.3. The van der Waals surface area contributed by atoms with Gasteiger partial charge in [-0.3, -0.25) is 4.79 Å². The number of hydrogen-bond donors (Lipinski definition) is 2. The molecule has 3 rings (SSSR count). The van der Waals surface area contributed by atoms with Gasteiger partial charge in [0.05, 0.1) is 5.25 Å². The lowest BCUT2D eigenvalue weighted by Crippen LogP contribution is -2.46. The van der Waals surface area contributed by atoms with Crippen molar-refractivity contribution in [2.45, 2.75) is 62.6 Å². The van der Waals surface area contributed by atoms with Crippen molar-refractivity contribution >= 4 is 39.8 Å². The number of hydrogen-bond acceptors (Lipinski definition) is 6. The number of amides is 1. The molecule has 0 saturated heterocycles. The Morgan fingerprint density at radius 2 is 2.04 bits per heavy atom. The summed E-state index contributed by atoms with van der Waals surface area (Å²) in [6.45, 7) is 8.53. The van der Waals surface area contributed by atoms with Crippen LogP contribution in [-0.4, -0.2) is 27.4 Å². The van der Waals surface area contributed by atoms with Gasteiger partial charge < -0.3 is 10.6 Å². The van der Waals surface area contributed by atoms with Crippen molar-refractivity contribution < 1.29 is 4.79 Å². The first-order valence-electron chi connectivity index (χ1n) is 9.57. The van der Waals surface area contributed by atoms with Crippen LogP contribution in [0.1, 0.15) is 45.6 Å². The quantitative estimate of drug-likeness (QED) is 0.662. The molecule has 1 aromatic heterocycles. The van der Waals surface area contributed by atoms with Gasteiger partial charge in [-0.2, -0.15) is 0 Å². The smallest absolute Gasteiger partial charge is 0.233 e. The Hall–Kier alpha value is -1.60. The molecule has 5 nitrogen and oxygen atoms in total. The van der Waals surface area contributed by atoms with E-state index in [1.807, 2.05) is 25.1 Å². The SMILES string of the molecule is Cc1ccccc1Nc1nnc(S[C@@H](C)C(=O)N[C@@H]2CCC[C@@H](C)[C@@H]2C)s1. The molecule has 0 radical (unpaired) electrons. The zero-order chi connectivity index (χ0) is 19.4. The number of para-hydroxylation sites is 1. The molecule has 1 amide bonds. The van der Waals surface area contributed by atoms with E-state index in [9.17, 15) is 4.79 Å². The lowest BCUT2D eigenvalue weighted by Gasteiger charge is -2.35. The monoisotopic (exact) mass is 404 g/mol. The standard InChI is InChI=1S/C20H28N4OS2/c1-12-9-7-11-17(14(12)3)21-18(25)15(4)26-20-24-23-19(27-20)22-16-10-6-5-8-13(16)2/h5-6,8,10,12,14-15,17H,7,9,11H2,1-4H3,(H,21,25)(H,22,23)/t12-,14+,15+,17-/m1/s1. The number of aryl methyl sites for hydroxylation is 1. The second-order valence-electron chi connectivity index (χ2n) is 7.46. The summed E-state index contributed by atoms with van der Waals surface area (Å²) in [7, 11) is 0. The van der Waals surface area contributed by atoms with Gasteiger partial charge in [-0.25, -0.2) is 0 Å². The van der Waals surface area contributed by atoms with E-state index in [1.165, 1.54) is 35.9 Å². The highest BCUT2D eigenvalue weighted by Gasteiger charge is 2.29. The third kappa shape index (κ3) is 5.23. The number of benzene rings is 1. The van der Waals surface area contributed by atoms with Crippen LogP contribution >= 0.6 is 23.1 Å². The van der Waals surface area contributed by atoms with Gasteiger partial charge in [0.15, 0.2) is 4.34 Å². The first-order chi connectivity index (χ1) is 12.9. The molecule has 27 heavy (non-hydrogen) atoms. The number of rotatable bonds is 6. The highest BCUT2D eigenvalue weighted by Crippen LogP contribution is 2.32. The third-order valence-corrected chi connectivity index (χ3v) is 7.50. The topological polar surface area (TPSA) is 66.9 Å². The predicted molar refractivity (Wildman–Crippen MR) is 114 cm³/mol. The molecule has 1 aromatic carbocycles. The number of nitrogens with zero attached hydrogens (tertiary/aromatic N) is 2. The van der Waals surface area contributed by atoms with E-state index in [4.69, 9.17) is 0 Å². The Kier molecular flexibility index (Phi) is 6.76. The molecule has 4 atom stereocenters. The van der Waals surface area contributed by atoms with Crippen LogP contribution in [-0.2, 0) is 4.79 Å². The molecule has 146 valence electrons. The number of nitrogens with one attached hydrogen (secondary N) is 2. The van der Waals surface area contributed by atoms with E-state index < -0.39 is 0 Å². The maximum atomic E-state index is 12.6. The minimum atomic E-state index is -0.186. The van der Waals surface area contributed by atoms with Crippen molar-refractivity contribution in [3.05, 3.63) is 29.8 Å². The summed E-state index contributed by atoms with van der Waals surface area (Å²) >= 11 is 2.95. The molecular formula is C20H28N4OS2.